The first kappa shape index (κ1) is 8.54. The molecule has 1 aromatic carbocycles. The van der Waals surface area contributed by atoms with Crippen LogP contribution in [0.4, 0.5) is 10.1 Å². The lowest BCUT2D eigenvalue weighted by Crippen LogP contribution is -2.09. The summed E-state index contributed by atoms with van der Waals surface area (Å²) in [4.78, 5) is 0. The van der Waals surface area contributed by atoms with Crippen LogP contribution < -0.4 is 5.32 Å². The molecule has 0 amide bonds. The van der Waals surface area contributed by atoms with Gasteiger partial charge in [-0.2, -0.15) is 0 Å². The first-order chi connectivity index (χ1) is 6.07. The maximum atomic E-state index is 13.6. The number of hydrogen-bond acceptors (Lipinski definition) is 1. The Labute approximate surface area is 78.0 Å². The lowest BCUT2D eigenvalue weighted by Gasteiger charge is -2.15. The third-order valence-electron chi connectivity index (χ3n) is 2.51. The highest BCUT2D eigenvalue weighted by atomic mass is 19.1. The zero-order chi connectivity index (χ0) is 9.47. The number of rotatable bonds is 1. The summed E-state index contributed by atoms with van der Waals surface area (Å²) in [5.74, 6) is 0. The number of anilines is 1. The highest BCUT2D eigenvalue weighted by molar-refractivity contribution is 5.57. The smallest absolute Gasteiger partial charge is 0.130 e. The van der Waals surface area contributed by atoms with Crippen molar-refractivity contribution in [3.05, 3.63) is 29.3 Å². The van der Waals surface area contributed by atoms with Crippen LogP contribution in [0, 0.1) is 0 Å². The summed E-state index contributed by atoms with van der Waals surface area (Å²) in [6.45, 7) is 4.15. The fourth-order valence-corrected chi connectivity index (χ4v) is 1.66. The van der Waals surface area contributed by atoms with Gasteiger partial charge in [-0.3, -0.25) is 0 Å². The molecule has 1 aliphatic rings. The Hall–Kier alpha value is -1.05. The topological polar surface area (TPSA) is 12.0 Å². The fourth-order valence-electron chi connectivity index (χ4n) is 1.66. The number of benzene rings is 1. The van der Waals surface area contributed by atoms with Crippen LogP contribution in [-0.2, 0) is 12.1 Å². The third kappa shape index (κ3) is 1.53. The summed E-state index contributed by atoms with van der Waals surface area (Å²) in [5.41, 5.74) is 1.91. The van der Waals surface area contributed by atoms with E-state index in [2.05, 4.69) is 5.32 Å². The predicted molar refractivity (Wildman–Crippen MR) is 52.8 cm³/mol. The molecule has 1 N–H and O–H groups in total. The molecule has 2 rings (SSSR count). The number of nitrogens with one attached hydrogen (secondary N) is 1. The van der Waals surface area contributed by atoms with Gasteiger partial charge >= 0.3 is 0 Å². The first-order valence-electron chi connectivity index (χ1n) is 4.63. The molecular formula is C11H14FN. The van der Waals surface area contributed by atoms with Crippen LogP contribution >= 0.6 is 0 Å². The van der Waals surface area contributed by atoms with Gasteiger partial charge in [0.1, 0.15) is 5.67 Å². The Kier molecular flexibility index (Phi) is 1.79. The quantitative estimate of drug-likeness (QED) is 0.699. The Morgan fingerprint density at radius 1 is 1.38 bits per heavy atom. The van der Waals surface area contributed by atoms with Crippen LogP contribution in [0.1, 0.15) is 25.0 Å². The van der Waals surface area contributed by atoms with E-state index in [1.165, 1.54) is 5.56 Å². The Balaban J connectivity index is 2.42. The van der Waals surface area contributed by atoms with Gasteiger partial charge in [-0.25, -0.2) is 4.39 Å². The summed E-state index contributed by atoms with van der Waals surface area (Å²) in [5, 5.41) is 3.25. The number of fused-ring (bicyclic) bond motifs is 1. The number of hydrogen-bond donors (Lipinski definition) is 1. The average Bonchev–Trinajstić information content (AvgIpc) is 2.47. The van der Waals surface area contributed by atoms with Crippen molar-refractivity contribution >= 4 is 5.69 Å². The van der Waals surface area contributed by atoms with E-state index in [1.54, 1.807) is 13.8 Å². The minimum atomic E-state index is -1.24. The molecule has 0 bridgehead atoms. The predicted octanol–water partition coefficient (Wildman–Crippen LogP) is 2.86. The molecule has 0 fully saturated rings. The van der Waals surface area contributed by atoms with E-state index >= 15 is 0 Å². The van der Waals surface area contributed by atoms with E-state index in [9.17, 15) is 4.39 Å². The van der Waals surface area contributed by atoms with Crippen LogP contribution in [0.15, 0.2) is 18.2 Å². The van der Waals surface area contributed by atoms with Crippen LogP contribution in [0.25, 0.3) is 0 Å². The lowest BCUT2D eigenvalue weighted by atomic mass is 9.98. The van der Waals surface area contributed by atoms with Crippen LogP contribution in [-0.4, -0.2) is 6.54 Å². The zero-order valence-corrected chi connectivity index (χ0v) is 8.02. The van der Waals surface area contributed by atoms with Crippen molar-refractivity contribution in [1.29, 1.82) is 0 Å². The van der Waals surface area contributed by atoms with E-state index in [1.807, 2.05) is 18.2 Å². The molecule has 1 aromatic rings. The van der Waals surface area contributed by atoms with Crippen LogP contribution in [0.3, 0.4) is 0 Å². The van der Waals surface area contributed by atoms with Gasteiger partial charge in [-0.15, -0.1) is 0 Å². The molecule has 0 unspecified atom stereocenters. The van der Waals surface area contributed by atoms with Crippen molar-refractivity contribution in [3.8, 4) is 0 Å². The molecule has 2 heteroatoms. The van der Waals surface area contributed by atoms with Gasteiger partial charge in [0.2, 0.25) is 0 Å². The van der Waals surface area contributed by atoms with Crippen molar-refractivity contribution in [2.45, 2.75) is 25.9 Å². The van der Waals surface area contributed by atoms with E-state index in [4.69, 9.17) is 0 Å². The van der Waals surface area contributed by atoms with Gasteiger partial charge in [0.05, 0.1) is 0 Å². The summed E-state index contributed by atoms with van der Waals surface area (Å²) >= 11 is 0. The van der Waals surface area contributed by atoms with Crippen molar-refractivity contribution < 1.29 is 4.39 Å². The lowest BCUT2D eigenvalue weighted by molar-refractivity contribution is 0.221. The van der Waals surface area contributed by atoms with E-state index < -0.39 is 5.67 Å². The van der Waals surface area contributed by atoms with E-state index in [0.717, 1.165) is 24.2 Å². The second-order valence-electron chi connectivity index (χ2n) is 4.02. The van der Waals surface area contributed by atoms with Crippen LogP contribution in [0.5, 0.6) is 0 Å². The SMILES string of the molecule is CC(C)(F)c1ccc2c(c1)NCC2. The maximum Gasteiger partial charge on any atom is 0.130 e. The summed E-state index contributed by atoms with van der Waals surface area (Å²) in [7, 11) is 0. The Morgan fingerprint density at radius 2 is 2.15 bits per heavy atom. The average molecular weight is 179 g/mol. The van der Waals surface area contributed by atoms with Gasteiger partial charge in [0.15, 0.2) is 0 Å². The third-order valence-corrected chi connectivity index (χ3v) is 2.51. The molecule has 70 valence electrons. The van der Waals surface area contributed by atoms with Crippen molar-refractivity contribution in [2.75, 3.05) is 11.9 Å². The standard InChI is InChI=1S/C11H14FN/c1-11(2,12)9-4-3-8-5-6-13-10(8)7-9/h3-4,7,13H,5-6H2,1-2H3. The summed E-state index contributed by atoms with van der Waals surface area (Å²) in [6, 6.07) is 5.82. The van der Waals surface area contributed by atoms with E-state index in [0.29, 0.717) is 0 Å². The van der Waals surface area contributed by atoms with Crippen molar-refractivity contribution in [1.82, 2.24) is 0 Å². The minimum absolute atomic E-state index is 0.751. The largest absolute Gasteiger partial charge is 0.384 e. The molecule has 1 nitrogen and oxygen atoms in total. The van der Waals surface area contributed by atoms with Gasteiger partial charge in [0.25, 0.3) is 0 Å². The normalized spacial score (nSPS) is 15.3. The molecule has 0 aromatic heterocycles. The summed E-state index contributed by atoms with van der Waals surface area (Å²) in [6.07, 6.45) is 1.06. The molecule has 0 saturated heterocycles. The molecule has 1 heterocycles. The highest BCUT2D eigenvalue weighted by Gasteiger charge is 2.20. The zero-order valence-electron chi connectivity index (χ0n) is 8.02. The van der Waals surface area contributed by atoms with Gasteiger partial charge < -0.3 is 5.32 Å². The van der Waals surface area contributed by atoms with Gasteiger partial charge in [-0.1, -0.05) is 12.1 Å². The summed E-state index contributed by atoms with van der Waals surface area (Å²) < 4.78 is 13.6. The molecule has 13 heavy (non-hydrogen) atoms. The first-order valence-corrected chi connectivity index (χ1v) is 4.63. The minimum Gasteiger partial charge on any atom is -0.384 e. The Bertz CT molecular complexity index is 325. The monoisotopic (exact) mass is 179 g/mol. The number of alkyl halides is 1. The molecular weight excluding hydrogens is 165 g/mol. The van der Waals surface area contributed by atoms with Crippen LogP contribution in [0.2, 0.25) is 0 Å². The fraction of sp³-hybridized carbons (Fsp3) is 0.455. The molecule has 0 aliphatic carbocycles. The maximum absolute atomic E-state index is 13.6. The van der Waals surface area contributed by atoms with Crippen molar-refractivity contribution in [2.24, 2.45) is 0 Å². The second kappa shape index (κ2) is 2.72. The molecule has 0 radical (unpaired) electrons. The molecule has 0 spiro atoms. The van der Waals surface area contributed by atoms with Crippen molar-refractivity contribution in [3.63, 3.8) is 0 Å². The second-order valence-corrected chi connectivity index (χ2v) is 4.02. The molecule has 0 saturated carbocycles. The van der Waals surface area contributed by atoms with E-state index in [-0.39, 0.29) is 0 Å². The molecule has 1 aliphatic heterocycles. The Morgan fingerprint density at radius 3 is 2.85 bits per heavy atom. The molecule has 0 atom stereocenters. The van der Waals surface area contributed by atoms with Gasteiger partial charge in [0, 0.05) is 12.2 Å². The number of halogens is 1. The highest BCUT2D eigenvalue weighted by Crippen LogP contribution is 2.30. The van der Waals surface area contributed by atoms with Gasteiger partial charge in [-0.05, 0) is 37.5 Å².